The second-order valence-corrected chi connectivity index (χ2v) is 4.34. The number of hydrogen-bond acceptors (Lipinski definition) is 2. The molecule has 0 spiro atoms. The van der Waals surface area contributed by atoms with Crippen LogP contribution in [0.2, 0.25) is 0 Å². The summed E-state index contributed by atoms with van der Waals surface area (Å²) in [5.74, 6) is 0.704. The molecule has 1 nitrogen and oxygen atoms in total. The first-order valence-corrected chi connectivity index (χ1v) is 4.85. The molecule has 0 saturated carbocycles. The van der Waals surface area contributed by atoms with Crippen LogP contribution in [0.25, 0.3) is 0 Å². The summed E-state index contributed by atoms with van der Waals surface area (Å²) in [5, 5.41) is 9.65. The van der Waals surface area contributed by atoms with E-state index in [4.69, 9.17) is 5.41 Å². The van der Waals surface area contributed by atoms with Gasteiger partial charge in [-0.25, -0.2) is 0 Å². The second-order valence-electron chi connectivity index (χ2n) is 3.09. The minimum atomic E-state index is 0.643. The van der Waals surface area contributed by atoms with Crippen LogP contribution < -0.4 is 0 Å². The molecule has 0 heterocycles. The van der Waals surface area contributed by atoms with E-state index in [0.29, 0.717) is 11.2 Å². The molecule has 0 aliphatic heterocycles. The summed E-state index contributed by atoms with van der Waals surface area (Å²) < 4.78 is 0. The lowest BCUT2D eigenvalue weighted by atomic mass is 10.2. The molecule has 1 unspecified atom stereocenters. The smallest absolute Gasteiger partial charge is 0.0212 e. The van der Waals surface area contributed by atoms with Crippen molar-refractivity contribution in [3.8, 4) is 0 Å². The zero-order valence-electron chi connectivity index (χ0n) is 7.72. The summed E-state index contributed by atoms with van der Waals surface area (Å²) in [6.45, 7) is 8.59. The normalized spacial score (nSPS) is 15.2. The van der Waals surface area contributed by atoms with Gasteiger partial charge in [0.1, 0.15) is 0 Å². The van der Waals surface area contributed by atoms with Crippen molar-refractivity contribution in [2.45, 2.75) is 32.9 Å². The van der Waals surface area contributed by atoms with Crippen LogP contribution in [0.1, 0.15) is 27.7 Å². The van der Waals surface area contributed by atoms with E-state index < -0.39 is 0 Å². The Labute approximate surface area is 73.8 Å². The minimum Gasteiger partial charge on any atom is -0.308 e. The fourth-order valence-corrected chi connectivity index (χ4v) is 1.22. The Morgan fingerprint density at radius 1 is 1.36 bits per heavy atom. The number of thioether (sulfide) groups is 1. The molecule has 1 atom stereocenters. The average molecular weight is 171 g/mol. The predicted molar refractivity (Wildman–Crippen MR) is 54.4 cm³/mol. The van der Waals surface area contributed by atoms with Crippen molar-refractivity contribution in [3.63, 3.8) is 0 Å². The van der Waals surface area contributed by atoms with Gasteiger partial charge in [-0.05, 0) is 23.8 Å². The largest absolute Gasteiger partial charge is 0.308 e. The van der Waals surface area contributed by atoms with E-state index >= 15 is 0 Å². The van der Waals surface area contributed by atoms with Crippen LogP contribution in [-0.4, -0.2) is 11.5 Å². The van der Waals surface area contributed by atoms with E-state index in [9.17, 15) is 0 Å². The third kappa shape index (κ3) is 5.08. The molecule has 0 aromatic carbocycles. The maximum absolute atomic E-state index is 6.95. The Bertz CT molecular complexity index is 150. The zero-order valence-corrected chi connectivity index (χ0v) is 8.53. The molecule has 0 fully saturated rings. The second kappa shape index (κ2) is 5.42. The van der Waals surface area contributed by atoms with Crippen molar-refractivity contribution >= 4 is 18.0 Å². The first-order valence-electron chi connectivity index (χ1n) is 3.90. The van der Waals surface area contributed by atoms with Crippen molar-refractivity contribution in [3.05, 3.63) is 11.0 Å². The van der Waals surface area contributed by atoms with Crippen LogP contribution in [0.3, 0.4) is 0 Å². The minimum absolute atomic E-state index is 0.643. The van der Waals surface area contributed by atoms with E-state index in [1.54, 1.807) is 11.8 Å². The maximum atomic E-state index is 6.95. The fourth-order valence-electron chi connectivity index (χ4n) is 0.406. The highest BCUT2D eigenvalue weighted by molar-refractivity contribution is 8.02. The molecular weight excluding hydrogens is 154 g/mol. The molecule has 0 amide bonds. The molecule has 0 aromatic rings. The molecule has 0 rings (SSSR count). The van der Waals surface area contributed by atoms with Gasteiger partial charge in [-0.15, -0.1) is 11.8 Å². The maximum Gasteiger partial charge on any atom is 0.0212 e. The number of nitrogens with one attached hydrogen (secondary N) is 1. The highest BCUT2D eigenvalue weighted by Crippen LogP contribution is 2.20. The first-order chi connectivity index (χ1) is 5.07. The summed E-state index contributed by atoms with van der Waals surface area (Å²) in [6.07, 6.45) is 1.39. The van der Waals surface area contributed by atoms with Gasteiger partial charge in [0.15, 0.2) is 0 Å². The van der Waals surface area contributed by atoms with Crippen molar-refractivity contribution < 1.29 is 0 Å². The van der Waals surface area contributed by atoms with Gasteiger partial charge in [0.2, 0.25) is 0 Å². The summed E-state index contributed by atoms with van der Waals surface area (Å²) in [4.78, 5) is 0. The van der Waals surface area contributed by atoms with Gasteiger partial charge in [0, 0.05) is 11.5 Å². The number of allylic oxidation sites excluding steroid dienone is 1. The molecule has 0 saturated heterocycles. The van der Waals surface area contributed by atoms with E-state index in [1.807, 2.05) is 6.92 Å². The molecule has 0 aliphatic carbocycles. The number of hydrogen-bond donors (Lipinski definition) is 1. The van der Waals surface area contributed by atoms with E-state index in [0.717, 1.165) is 5.57 Å². The topological polar surface area (TPSA) is 23.9 Å². The van der Waals surface area contributed by atoms with Crippen LogP contribution >= 0.6 is 11.8 Å². The van der Waals surface area contributed by atoms with Crippen LogP contribution in [0.4, 0.5) is 0 Å². The molecule has 64 valence electrons. The molecule has 0 bridgehead atoms. The average Bonchev–Trinajstić information content (AvgIpc) is 1.99. The van der Waals surface area contributed by atoms with Gasteiger partial charge in [0.05, 0.1) is 0 Å². The highest BCUT2D eigenvalue weighted by Gasteiger charge is 2.04. The van der Waals surface area contributed by atoms with Crippen LogP contribution in [0.5, 0.6) is 0 Å². The quantitative estimate of drug-likeness (QED) is 0.644. The van der Waals surface area contributed by atoms with E-state index in [1.165, 1.54) is 6.21 Å². The standard InChI is InChI=1S/C9H17NS/c1-7(2)9(4)11-6-8(3)5-10/h5-7,9-10H,1-4H3. The molecule has 11 heavy (non-hydrogen) atoms. The Kier molecular flexibility index (Phi) is 5.30. The van der Waals surface area contributed by atoms with Crippen molar-refractivity contribution in [2.75, 3.05) is 0 Å². The van der Waals surface area contributed by atoms with Gasteiger partial charge < -0.3 is 5.41 Å². The fraction of sp³-hybridized carbons (Fsp3) is 0.667. The molecule has 0 aromatic heterocycles. The van der Waals surface area contributed by atoms with Crippen LogP contribution in [0.15, 0.2) is 11.0 Å². The van der Waals surface area contributed by atoms with Gasteiger partial charge in [-0.1, -0.05) is 20.8 Å². The summed E-state index contributed by atoms with van der Waals surface area (Å²) in [7, 11) is 0. The molecule has 0 radical (unpaired) electrons. The van der Waals surface area contributed by atoms with E-state index in [-0.39, 0.29) is 0 Å². The van der Waals surface area contributed by atoms with Crippen molar-refractivity contribution in [1.82, 2.24) is 0 Å². The Morgan fingerprint density at radius 2 is 1.91 bits per heavy atom. The number of rotatable bonds is 4. The van der Waals surface area contributed by atoms with Crippen molar-refractivity contribution in [1.29, 1.82) is 5.41 Å². The van der Waals surface area contributed by atoms with Gasteiger partial charge in [-0.3, -0.25) is 0 Å². The SMILES string of the molecule is CC(C=N)=CSC(C)C(C)C. The first kappa shape index (κ1) is 10.8. The monoisotopic (exact) mass is 171 g/mol. The zero-order chi connectivity index (χ0) is 8.85. The molecule has 1 N–H and O–H groups in total. The summed E-state index contributed by atoms with van der Waals surface area (Å²) in [5.41, 5.74) is 1.03. The summed E-state index contributed by atoms with van der Waals surface area (Å²) in [6, 6.07) is 0. The van der Waals surface area contributed by atoms with Gasteiger partial charge in [0.25, 0.3) is 0 Å². The Hall–Kier alpha value is -0.240. The lowest BCUT2D eigenvalue weighted by Crippen LogP contribution is -2.03. The van der Waals surface area contributed by atoms with Gasteiger partial charge >= 0.3 is 0 Å². The van der Waals surface area contributed by atoms with Crippen LogP contribution in [0, 0.1) is 11.3 Å². The Balaban J connectivity index is 3.77. The van der Waals surface area contributed by atoms with E-state index in [2.05, 4.69) is 26.2 Å². The molecule has 2 heteroatoms. The van der Waals surface area contributed by atoms with Crippen LogP contribution in [-0.2, 0) is 0 Å². The molecular formula is C9H17NS. The predicted octanol–water partition coefficient (Wildman–Crippen LogP) is 3.32. The van der Waals surface area contributed by atoms with Gasteiger partial charge in [-0.2, -0.15) is 0 Å². The third-order valence-corrected chi connectivity index (χ3v) is 3.12. The lowest BCUT2D eigenvalue weighted by Gasteiger charge is -2.11. The lowest BCUT2D eigenvalue weighted by molar-refractivity contribution is 0.644. The summed E-state index contributed by atoms with van der Waals surface area (Å²) >= 11 is 1.80. The van der Waals surface area contributed by atoms with Crippen molar-refractivity contribution in [2.24, 2.45) is 5.92 Å². The molecule has 0 aliphatic rings. The highest BCUT2D eigenvalue weighted by atomic mass is 32.2. The third-order valence-electron chi connectivity index (χ3n) is 1.64. The Morgan fingerprint density at radius 3 is 2.27 bits per heavy atom.